The van der Waals surface area contributed by atoms with E-state index in [4.69, 9.17) is 23.3 Å². The van der Waals surface area contributed by atoms with Crippen molar-refractivity contribution in [1.82, 2.24) is 0 Å². The first-order valence-electron chi connectivity index (χ1n) is 15.5. The predicted octanol–water partition coefficient (Wildman–Crippen LogP) is 5.73. The third kappa shape index (κ3) is 5.97. The summed E-state index contributed by atoms with van der Waals surface area (Å²) < 4.78 is 42.5. The Hall–Kier alpha value is -2.13. The molecule has 11 heteroatoms. The van der Waals surface area contributed by atoms with Gasteiger partial charge in [-0.3, -0.25) is 23.7 Å². The van der Waals surface area contributed by atoms with E-state index in [0.29, 0.717) is 32.1 Å². The van der Waals surface area contributed by atoms with Gasteiger partial charge in [0.25, 0.3) is 0 Å². The lowest BCUT2D eigenvalue weighted by Gasteiger charge is -2.60. The van der Waals surface area contributed by atoms with Crippen molar-refractivity contribution < 1.29 is 47.0 Å². The average molecular weight is 623 g/mol. The molecule has 240 valence electrons. The molecule has 0 bridgehead atoms. The molecule has 0 aromatic heterocycles. The molecule has 0 amide bonds. The molecular weight excluding hydrogens is 575 g/mol. The van der Waals surface area contributed by atoms with Crippen LogP contribution in [0.3, 0.4) is 0 Å². The fraction of sp³-hybridized carbons (Fsp3) is 0.750. The number of hydrogen-bond donors (Lipinski definition) is 0. The molecule has 0 spiro atoms. The first kappa shape index (κ1) is 33.8. The molecule has 0 saturated heterocycles. The summed E-state index contributed by atoms with van der Waals surface area (Å²) in [7, 11) is -3.58. The molecule has 4 aliphatic rings. The summed E-state index contributed by atoms with van der Waals surface area (Å²) in [6.45, 7) is 12.5. The van der Waals surface area contributed by atoms with Crippen LogP contribution in [0, 0.1) is 28.6 Å². The molecule has 4 aliphatic carbocycles. The molecule has 0 radical (unpaired) electrons. The predicted molar refractivity (Wildman–Crippen MR) is 158 cm³/mol. The van der Waals surface area contributed by atoms with E-state index in [1.807, 2.05) is 13.0 Å². The summed E-state index contributed by atoms with van der Waals surface area (Å²) >= 11 is 0. The fourth-order valence-electron chi connectivity index (χ4n) is 8.71. The van der Waals surface area contributed by atoms with Crippen molar-refractivity contribution >= 4 is 31.1 Å². The number of Topliss-reactive ketones (excluding diaryl/α,β-unsaturated/α-hetero) is 1. The van der Waals surface area contributed by atoms with Crippen LogP contribution >= 0.6 is 7.60 Å². The molecule has 0 aromatic rings. The van der Waals surface area contributed by atoms with Crippen LogP contribution in [0.25, 0.3) is 0 Å². The Labute approximate surface area is 254 Å². The van der Waals surface area contributed by atoms with Gasteiger partial charge in [0.1, 0.15) is 6.35 Å². The highest BCUT2D eigenvalue weighted by atomic mass is 31.2. The lowest BCUT2D eigenvalue weighted by atomic mass is 9.46. The van der Waals surface area contributed by atoms with Gasteiger partial charge >= 0.3 is 19.5 Å². The van der Waals surface area contributed by atoms with Crippen LogP contribution in [0.1, 0.15) is 87.0 Å². The molecule has 0 heterocycles. The van der Waals surface area contributed by atoms with Gasteiger partial charge in [0, 0.05) is 36.5 Å². The third-order valence-electron chi connectivity index (χ3n) is 10.5. The second kappa shape index (κ2) is 12.7. The van der Waals surface area contributed by atoms with Crippen LogP contribution in [0.15, 0.2) is 23.3 Å². The van der Waals surface area contributed by atoms with E-state index in [1.54, 1.807) is 26.8 Å². The Morgan fingerprint density at radius 2 is 1.77 bits per heavy atom. The Bertz CT molecular complexity index is 1240. The number of ketones is 2. The number of fused-ring (bicyclic) bond motifs is 5. The van der Waals surface area contributed by atoms with Crippen molar-refractivity contribution in [2.75, 3.05) is 26.2 Å². The Morgan fingerprint density at radius 1 is 1.09 bits per heavy atom. The van der Waals surface area contributed by atoms with Crippen LogP contribution < -0.4 is 0 Å². The molecule has 2 fully saturated rings. The number of carbonyl (C=O) groups excluding carboxylic acids is 4. The number of esters is 2. The maximum Gasteiger partial charge on any atom is 0.356 e. The van der Waals surface area contributed by atoms with Crippen LogP contribution in [-0.4, -0.2) is 61.4 Å². The quantitative estimate of drug-likeness (QED) is 0.151. The molecule has 0 N–H and O–H groups in total. The average Bonchev–Trinajstić information content (AvgIpc) is 3.24. The molecule has 0 unspecified atom stereocenters. The Kier molecular flexibility index (Phi) is 9.97. The summed E-state index contributed by atoms with van der Waals surface area (Å²) in [5.41, 5.74) is -0.656. The van der Waals surface area contributed by atoms with Gasteiger partial charge in [0.2, 0.25) is 5.78 Å². The van der Waals surface area contributed by atoms with Crippen LogP contribution in [0.5, 0.6) is 0 Å². The first-order chi connectivity index (χ1) is 20.2. The molecule has 10 nitrogen and oxygen atoms in total. The zero-order chi connectivity index (χ0) is 31.8. The Morgan fingerprint density at radius 3 is 2.37 bits per heavy atom. The number of ether oxygens (including phenoxy) is 3. The van der Waals surface area contributed by atoms with Crippen molar-refractivity contribution in [2.24, 2.45) is 28.6 Å². The van der Waals surface area contributed by atoms with Crippen LogP contribution in [0.2, 0.25) is 0 Å². The number of carbonyl (C=O) groups is 4. The van der Waals surface area contributed by atoms with Gasteiger partial charge in [0.05, 0.1) is 19.3 Å². The number of allylic oxidation sites excluding steroid dienone is 4. The van der Waals surface area contributed by atoms with E-state index in [0.717, 1.165) is 11.1 Å². The van der Waals surface area contributed by atoms with Crippen LogP contribution in [-0.2, 0) is 47.0 Å². The lowest BCUT2D eigenvalue weighted by molar-refractivity contribution is -0.203. The summed E-state index contributed by atoms with van der Waals surface area (Å²) in [6, 6.07) is 0. The fourth-order valence-corrected chi connectivity index (χ4v) is 10.1. The van der Waals surface area contributed by atoms with E-state index < -0.39 is 54.5 Å². The van der Waals surface area contributed by atoms with Gasteiger partial charge in [-0.15, -0.1) is 0 Å². The molecule has 0 aromatic carbocycles. The van der Waals surface area contributed by atoms with Crippen molar-refractivity contribution in [2.45, 2.75) is 98.7 Å². The molecule has 7 atom stereocenters. The van der Waals surface area contributed by atoms with Gasteiger partial charge in [-0.2, -0.15) is 0 Å². The van der Waals surface area contributed by atoms with E-state index in [9.17, 15) is 23.7 Å². The minimum atomic E-state index is -3.58. The van der Waals surface area contributed by atoms with E-state index in [2.05, 4.69) is 13.8 Å². The minimum absolute atomic E-state index is 0.0117. The Balaban J connectivity index is 1.83. The second-order valence-corrected chi connectivity index (χ2v) is 14.8. The number of rotatable bonds is 12. The summed E-state index contributed by atoms with van der Waals surface area (Å²) in [6.07, 6.45) is 5.20. The lowest BCUT2D eigenvalue weighted by Crippen LogP contribution is -2.63. The van der Waals surface area contributed by atoms with Crippen molar-refractivity contribution in [3.63, 3.8) is 0 Å². The summed E-state index contributed by atoms with van der Waals surface area (Å²) in [5.74, 6) is -1.61. The van der Waals surface area contributed by atoms with E-state index in [-0.39, 0.29) is 49.5 Å². The smallest absolute Gasteiger partial charge is 0.356 e. The highest BCUT2D eigenvalue weighted by molar-refractivity contribution is 7.53. The topological polar surface area (TPSA) is 132 Å². The molecule has 4 rings (SSSR count). The second-order valence-electron chi connectivity index (χ2n) is 12.8. The van der Waals surface area contributed by atoms with Crippen molar-refractivity contribution in [3.05, 3.63) is 23.3 Å². The zero-order valence-electron chi connectivity index (χ0n) is 26.6. The van der Waals surface area contributed by atoms with Gasteiger partial charge in [-0.25, -0.2) is 0 Å². The maximum atomic E-state index is 14.0. The third-order valence-corrected chi connectivity index (χ3v) is 12.2. The summed E-state index contributed by atoms with van der Waals surface area (Å²) in [5, 5.41) is 0. The van der Waals surface area contributed by atoms with Crippen LogP contribution in [0.4, 0.5) is 0 Å². The van der Waals surface area contributed by atoms with E-state index >= 15 is 0 Å². The summed E-state index contributed by atoms with van der Waals surface area (Å²) in [4.78, 5) is 51.1. The van der Waals surface area contributed by atoms with Gasteiger partial charge in [-0.05, 0) is 64.4 Å². The zero-order valence-corrected chi connectivity index (χ0v) is 27.5. The monoisotopic (exact) mass is 622 g/mol. The van der Waals surface area contributed by atoms with Gasteiger partial charge < -0.3 is 23.3 Å². The standard InChI is InChI=1S/C32H47O10P/c1-8-28(36)42-32(27(35)18-38-21(5)33)14-12-24-23-15-20(4)25-16-22(34)11-13-30(25,6)29(23)26(17-31(24,32)7)39-19-43(37,40-9-2)41-10-3/h11,13,23-24,26,29H,8-10,12,14-19H2,1-7H3/t23-,24-,26-,29+,30-,31-,32-/m0/s1. The highest BCUT2D eigenvalue weighted by Gasteiger charge is 2.71. The van der Waals surface area contributed by atoms with Crippen molar-refractivity contribution in [1.29, 1.82) is 0 Å². The largest absolute Gasteiger partial charge is 0.458 e. The van der Waals surface area contributed by atoms with Crippen molar-refractivity contribution in [3.8, 4) is 0 Å². The molecule has 0 aliphatic heterocycles. The highest BCUT2D eigenvalue weighted by Crippen LogP contribution is 2.69. The molecular formula is C32H47O10P. The normalized spacial score (nSPS) is 35.2. The first-order valence-corrected chi connectivity index (χ1v) is 17.2. The molecule has 2 saturated carbocycles. The minimum Gasteiger partial charge on any atom is -0.458 e. The van der Waals surface area contributed by atoms with Gasteiger partial charge in [0.15, 0.2) is 18.0 Å². The number of hydrogen-bond acceptors (Lipinski definition) is 10. The SMILES string of the molecule is CCOP(=O)(CO[C@H]1C[C@@]2(C)[C@@H](CC[C@]2(OC(=O)CC)C(=O)COC(C)=O)[C@@H]2CC(C)=C3CC(=O)C=C[C@]3(C)[C@H]21)OCC. The maximum absolute atomic E-state index is 14.0. The van der Waals surface area contributed by atoms with E-state index in [1.165, 1.54) is 6.92 Å². The molecule has 43 heavy (non-hydrogen) atoms. The van der Waals surface area contributed by atoms with Gasteiger partial charge in [-0.1, -0.05) is 38.0 Å².